The van der Waals surface area contributed by atoms with Gasteiger partial charge in [0, 0.05) is 16.5 Å². The number of benzene rings is 3. The van der Waals surface area contributed by atoms with E-state index in [0.29, 0.717) is 17.0 Å². The van der Waals surface area contributed by atoms with Crippen LogP contribution in [0.25, 0.3) is 10.8 Å². The molecule has 0 atom stereocenters. The summed E-state index contributed by atoms with van der Waals surface area (Å²) in [7, 11) is 0. The van der Waals surface area contributed by atoms with Gasteiger partial charge in [-0.3, -0.25) is 4.79 Å². The van der Waals surface area contributed by atoms with Crippen molar-refractivity contribution >= 4 is 44.1 Å². The van der Waals surface area contributed by atoms with E-state index < -0.39 is 0 Å². The Kier molecular flexibility index (Phi) is 4.09. The Hall–Kier alpha value is -1.64. The molecule has 0 bridgehead atoms. The molecule has 1 nitrogen and oxygen atoms in total. The molecule has 3 rings (SSSR count). The van der Waals surface area contributed by atoms with E-state index in [2.05, 4.69) is 40.2 Å². The average molecular weight is 360 g/mol. The smallest absolute Gasteiger partial charge is 0.167 e. The van der Waals surface area contributed by atoms with Gasteiger partial charge in [-0.2, -0.15) is 0 Å². The predicted molar refractivity (Wildman–Crippen MR) is 91.1 cm³/mol. The molecule has 0 aromatic heterocycles. The van der Waals surface area contributed by atoms with Crippen molar-refractivity contribution in [1.82, 2.24) is 0 Å². The van der Waals surface area contributed by atoms with Crippen LogP contribution in [0.2, 0.25) is 5.02 Å². The SMILES string of the molecule is O=C(Cc1ccc2ccccc2c1)c1ccc(Cl)c(Br)c1. The number of carbonyl (C=O) groups excluding carboxylic acids is 1. The summed E-state index contributed by atoms with van der Waals surface area (Å²) in [6, 6.07) is 19.5. The summed E-state index contributed by atoms with van der Waals surface area (Å²) in [5.41, 5.74) is 1.68. The standard InChI is InChI=1S/C18H12BrClO/c19-16-11-15(7-8-17(16)20)18(21)10-12-5-6-13-3-1-2-4-14(13)9-12/h1-9,11H,10H2. The van der Waals surface area contributed by atoms with Crippen molar-refractivity contribution in [2.45, 2.75) is 6.42 Å². The highest BCUT2D eigenvalue weighted by molar-refractivity contribution is 9.10. The number of ketones is 1. The van der Waals surface area contributed by atoms with Gasteiger partial charge in [0.05, 0.1) is 5.02 Å². The van der Waals surface area contributed by atoms with Crippen LogP contribution in [0, 0.1) is 0 Å². The van der Waals surface area contributed by atoms with Crippen molar-refractivity contribution in [2.24, 2.45) is 0 Å². The minimum Gasteiger partial charge on any atom is -0.294 e. The normalized spacial score (nSPS) is 10.8. The summed E-state index contributed by atoms with van der Waals surface area (Å²) in [5, 5.41) is 2.94. The molecule has 0 spiro atoms. The number of hydrogen-bond donors (Lipinski definition) is 0. The summed E-state index contributed by atoms with van der Waals surface area (Å²) in [5.74, 6) is 0.0858. The minimum absolute atomic E-state index is 0.0858. The third kappa shape index (κ3) is 3.17. The molecule has 0 heterocycles. The molecule has 0 saturated heterocycles. The van der Waals surface area contributed by atoms with Gasteiger partial charge in [-0.25, -0.2) is 0 Å². The zero-order valence-corrected chi connectivity index (χ0v) is 13.5. The molecule has 0 saturated carbocycles. The highest BCUT2D eigenvalue weighted by Crippen LogP contribution is 2.24. The summed E-state index contributed by atoms with van der Waals surface area (Å²) in [4.78, 5) is 12.3. The fourth-order valence-corrected chi connectivity index (χ4v) is 2.80. The van der Waals surface area contributed by atoms with Crippen molar-refractivity contribution in [1.29, 1.82) is 0 Å². The van der Waals surface area contributed by atoms with E-state index in [9.17, 15) is 4.79 Å². The predicted octanol–water partition coefficient (Wildman–Crippen LogP) is 5.68. The maximum Gasteiger partial charge on any atom is 0.167 e. The van der Waals surface area contributed by atoms with Crippen LogP contribution < -0.4 is 0 Å². The molecule has 21 heavy (non-hydrogen) atoms. The van der Waals surface area contributed by atoms with E-state index in [1.54, 1.807) is 18.2 Å². The molecule has 104 valence electrons. The molecular formula is C18H12BrClO. The minimum atomic E-state index is 0.0858. The van der Waals surface area contributed by atoms with E-state index in [0.717, 1.165) is 15.4 Å². The van der Waals surface area contributed by atoms with Gasteiger partial charge in [-0.1, -0.05) is 54.1 Å². The molecule has 0 unspecified atom stereocenters. The first-order valence-corrected chi connectivity index (χ1v) is 7.76. The van der Waals surface area contributed by atoms with Crippen LogP contribution in [0.1, 0.15) is 15.9 Å². The highest BCUT2D eigenvalue weighted by Gasteiger charge is 2.09. The van der Waals surface area contributed by atoms with Crippen molar-refractivity contribution in [3.63, 3.8) is 0 Å². The Bertz CT molecular complexity index is 826. The van der Waals surface area contributed by atoms with Gasteiger partial charge in [-0.15, -0.1) is 0 Å². The Morgan fingerprint density at radius 1 is 0.952 bits per heavy atom. The highest BCUT2D eigenvalue weighted by atomic mass is 79.9. The lowest BCUT2D eigenvalue weighted by atomic mass is 10.0. The number of rotatable bonds is 3. The Morgan fingerprint density at radius 2 is 1.71 bits per heavy atom. The largest absolute Gasteiger partial charge is 0.294 e. The van der Waals surface area contributed by atoms with Crippen LogP contribution in [0.3, 0.4) is 0 Å². The number of Topliss-reactive ketones (excluding diaryl/α,β-unsaturated/α-hetero) is 1. The maximum atomic E-state index is 12.3. The lowest BCUT2D eigenvalue weighted by Crippen LogP contribution is -2.03. The Morgan fingerprint density at radius 3 is 2.48 bits per heavy atom. The van der Waals surface area contributed by atoms with Crippen molar-refractivity contribution in [3.05, 3.63) is 81.3 Å². The molecular weight excluding hydrogens is 348 g/mol. The Balaban J connectivity index is 1.87. The van der Waals surface area contributed by atoms with E-state index in [4.69, 9.17) is 11.6 Å². The molecule has 0 N–H and O–H groups in total. The van der Waals surface area contributed by atoms with Gasteiger partial charge < -0.3 is 0 Å². The zero-order chi connectivity index (χ0) is 14.8. The molecule has 0 aliphatic rings. The topological polar surface area (TPSA) is 17.1 Å². The van der Waals surface area contributed by atoms with Gasteiger partial charge in [0.2, 0.25) is 0 Å². The van der Waals surface area contributed by atoms with Crippen LogP contribution in [0.5, 0.6) is 0 Å². The molecule has 0 amide bonds. The number of hydrogen-bond acceptors (Lipinski definition) is 1. The third-order valence-electron chi connectivity index (χ3n) is 3.42. The fourth-order valence-electron chi connectivity index (χ4n) is 2.31. The summed E-state index contributed by atoms with van der Waals surface area (Å²) in [6.45, 7) is 0. The fraction of sp³-hybridized carbons (Fsp3) is 0.0556. The molecule has 3 heteroatoms. The first-order valence-electron chi connectivity index (χ1n) is 6.59. The van der Waals surface area contributed by atoms with E-state index >= 15 is 0 Å². The van der Waals surface area contributed by atoms with Gasteiger partial charge in [-0.05, 0) is 50.5 Å². The summed E-state index contributed by atoms with van der Waals surface area (Å²) in [6.07, 6.45) is 0.388. The van der Waals surface area contributed by atoms with E-state index in [1.165, 1.54) is 5.39 Å². The molecule has 3 aromatic rings. The number of halogens is 2. The summed E-state index contributed by atoms with van der Waals surface area (Å²) < 4.78 is 0.744. The average Bonchev–Trinajstić information content (AvgIpc) is 2.50. The lowest BCUT2D eigenvalue weighted by molar-refractivity contribution is 0.0993. The second-order valence-electron chi connectivity index (χ2n) is 4.91. The quantitative estimate of drug-likeness (QED) is 0.550. The van der Waals surface area contributed by atoms with Crippen LogP contribution >= 0.6 is 27.5 Å². The second-order valence-corrected chi connectivity index (χ2v) is 6.17. The van der Waals surface area contributed by atoms with Crippen LogP contribution in [0.4, 0.5) is 0 Å². The van der Waals surface area contributed by atoms with Gasteiger partial charge in [0.1, 0.15) is 0 Å². The molecule has 3 aromatic carbocycles. The molecule has 0 aliphatic heterocycles. The first kappa shape index (κ1) is 14.3. The second kappa shape index (κ2) is 6.00. The monoisotopic (exact) mass is 358 g/mol. The van der Waals surface area contributed by atoms with E-state index in [-0.39, 0.29) is 5.78 Å². The molecule has 0 radical (unpaired) electrons. The Labute approximate surface area is 136 Å². The molecule has 0 fully saturated rings. The summed E-state index contributed by atoms with van der Waals surface area (Å²) >= 11 is 9.30. The zero-order valence-electron chi connectivity index (χ0n) is 11.1. The maximum absolute atomic E-state index is 12.3. The first-order chi connectivity index (χ1) is 10.1. The lowest BCUT2D eigenvalue weighted by Gasteiger charge is -2.05. The molecule has 0 aliphatic carbocycles. The van der Waals surface area contributed by atoms with Gasteiger partial charge in [0.25, 0.3) is 0 Å². The third-order valence-corrected chi connectivity index (χ3v) is 4.63. The number of carbonyl (C=O) groups is 1. The van der Waals surface area contributed by atoms with Crippen molar-refractivity contribution in [2.75, 3.05) is 0 Å². The van der Waals surface area contributed by atoms with Crippen LogP contribution in [0.15, 0.2) is 65.1 Å². The van der Waals surface area contributed by atoms with Crippen molar-refractivity contribution in [3.8, 4) is 0 Å². The van der Waals surface area contributed by atoms with Gasteiger partial charge in [0.15, 0.2) is 5.78 Å². The van der Waals surface area contributed by atoms with Crippen LogP contribution in [-0.2, 0) is 6.42 Å². The van der Waals surface area contributed by atoms with Gasteiger partial charge >= 0.3 is 0 Å². The van der Waals surface area contributed by atoms with Crippen LogP contribution in [-0.4, -0.2) is 5.78 Å². The van der Waals surface area contributed by atoms with E-state index in [1.807, 2.05) is 18.2 Å². The number of fused-ring (bicyclic) bond motifs is 1. The van der Waals surface area contributed by atoms with Crippen molar-refractivity contribution < 1.29 is 4.79 Å².